The minimum absolute atomic E-state index is 0.158. The zero-order chi connectivity index (χ0) is 17.0. The molecule has 8 heteroatoms. The zero-order valence-electron chi connectivity index (χ0n) is 13.2. The summed E-state index contributed by atoms with van der Waals surface area (Å²) in [6.07, 6.45) is 0. The van der Waals surface area contributed by atoms with Crippen LogP contribution in [-0.2, 0) is 29.2 Å². The van der Waals surface area contributed by atoms with Crippen molar-refractivity contribution in [3.8, 4) is 0 Å². The smallest absolute Gasteiger partial charge is 0.233 e. The number of halogens is 1. The largest absolute Gasteiger partial charge is 0.351 e. The maximum Gasteiger partial charge on any atom is 0.233 e. The fourth-order valence-corrected chi connectivity index (χ4v) is 3.06. The molecule has 2 aromatic rings. The van der Waals surface area contributed by atoms with Gasteiger partial charge in [-0.05, 0) is 17.7 Å². The first-order valence-electron chi connectivity index (χ1n) is 7.17. The number of nitrogens with one attached hydrogen (secondary N) is 1. The maximum atomic E-state index is 12.8. The number of rotatable bonds is 6. The van der Waals surface area contributed by atoms with Crippen molar-refractivity contribution in [1.29, 1.82) is 0 Å². The second-order valence-electron chi connectivity index (χ2n) is 5.45. The Bertz CT molecular complexity index is 713. The molecule has 0 aliphatic carbocycles. The van der Waals surface area contributed by atoms with Crippen molar-refractivity contribution in [1.82, 2.24) is 20.1 Å². The molecule has 0 saturated heterocycles. The topological polar surface area (TPSA) is 76.9 Å². The summed E-state index contributed by atoms with van der Waals surface area (Å²) in [6, 6.07) is 5.83. The van der Waals surface area contributed by atoms with E-state index >= 15 is 0 Å². The molecular formula is C15H19FN4O2S. The molecule has 0 fully saturated rings. The second-order valence-corrected chi connectivity index (χ2v) is 6.79. The normalized spacial score (nSPS) is 12.4. The van der Waals surface area contributed by atoms with E-state index in [2.05, 4.69) is 15.5 Å². The lowest BCUT2D eigenvalue weighted by Crippen LogP contribution is -2.28. The van der Waals surface area contributed by atoms with Gasteiger partial charge in [0, 0.05) is 19.5 Å². The van der Waals surface area contributed by atoms with E-state index in [1.807, 2.05) is 13.8 Å². The van der Waals surface area contributed by atoms with Crippen molar-refractivity contribution < 1.29 is 13.4 Å². The summed E-state index contributed by atoms with van der Waals surface area (Å²) in [4.78, 5) is 11.9. The van der Waals surface area contributed by atoms with Gasteiger partial charge < -0.3 is 9.88 Å². The van der Waals surface area contributed by atoms with Crippen molar-refractivity contribution in [2.75, 3.05) is 5.75 Å². The Morgan fingerprint density at radius 3 is 2.52 bits per heavy atom. The number of carbonyl (C=O) groups is 1. The summed E-state index contributed by atoms with van der Waals surface area (Å²) in [6.45, 7) is 4.19. The van der Waals surface area contributed by atoms with E-state index in [1.54, 1.807) is 23.7 Å². The van der Waals surface area contributed by atoms with E-state index in [0.29, 0.717) is 0 Å². The van der Waals surface area contributed by atoms with E-state index in [1.165, 1.54) is 12.1 Å². The molecule has 2 rings (SSSR count). The van der Waals surface area contributed by atoms with E-state index < -0.39 is 10.8 Å². The lowest BCUT2D eigenvalue weighted by Gasteiger charge is -2.07. The summed E-state index contributed by atoms with van der Waals surface area (Å²) in [5, 5.41) is 10.8. The molecule has 1 atom stereocenters. The molecule has 0 aliphatic rings. The first-order valence-corrected chi connectivity index (χ1v) is 8.49. The highest BCUT2D eigenvalue weighted by molar-refractivity contribution is 7.85. The van der Waals surface area contributed by atoms with Gasteiger partial charge in [0.25, 0.3) is 0 Å². The third-order valence-corrected chi connectivity index (χ3v) is 4.54. The number of amides is 1. The van der Waals surface area contributed by atoms with Gasteiger partial charge in [-0.3, -0.25) is 9.00 Å². The molecule has 0 aliphatic heterocycles. The minimum atomic E-state index is -1.57. The van der Waals surface area contributed by atoms with Crippen LogP contribution in [0.1, 0.15) is 31.2 Å². The van der Waals surface area contributed by atoms with Crippen LogP contribution in [0.2, 0.25) is 0 Å². The number of carbonyl (C=O) groups excluding carboxylic acids is 1. The van der Waals surface area contributed by atoms with Crippen LogP contribution in [0.25, 0.3) is 0 Å². The van der Waals surface area contributed by atoms with Crippen molar-refractivity contribution in [2.45, 2.75) is 31.5 Å². The van der Waals surface area contributed by atoms with Crippen molar-refractivity contribution >= 4 is 16.7 Å². The van der Waals surface area contributed by atoms with Crippen LogP contribution < -0.4 is 5.32 Å². The van der Waals surface area contributed by atoms with Crippen LogP contribution in [0.15, 0.2) is 29.4 Å². The van der Waals surface area contributed by atoms with Gasteiger partial charge in [0.05, 0.1) is 0 Å². The molecular weight excluding hydrogens is 319 g/mol. The lowest BCUT2D eigenvalue weighted by molar-refractivity contribution is -0.118. The fraction of sp³-hybridized carbons (Fsp3) is 0.400. The molecule has 6 nitrogen and oxygen atoms in total. The minimum Gasteiger partial charge on any atom is -0.351 e. The van der Waals surface area contributed by atoms with Gasteiger partial charge in [-0.15, -0.1) is 10.2 Å². The van der Waals surface area contributed by atoms with Crippen LogP contribution in [0.3, 0.4) is 0 Å². The van der Waals surface area contributed by atoms with Gasteiger partial charge in [-0.1, -0.05) is 26.0 Å². The van der Waals surface area contributed by atoms with Crippen molar-refractivity contribution in [3.05, 3.63) is 41.5 Å². The molecule has 0 radical (unpaired) electrons. The highest BCUT2D eigenvalue weighted by Crippen LogP contribution is 2.13. The molecule has 0 spiro atoms. The van der Waals surface area contributed by atoms with E-state index in [4.69, 9.17) is 0 Å². The first-order chi connectivity index (χ1) is 10.9. The Kier molecular flexibility index (Phi) is 5.59. The van der Waals surface area contributed by atoms with Crippen LogP contribution in [0.5, 0.6) is 0 Å². The summed E-state index contributed by atoms with van der Waals surface area (Å²) >= 11 is 0. The fourth-order valence-electron chi connectivity index (χ4n) is 2.06. The predicted molar refractivity (Wildman–Crippen MR) is 84.6 cm³/mol. The Morgan fingerprint density at radius 2 is 1.96 bits per heavy atom. The molecule has 0 saturated carbocycles. The highest BCUT2D eigenvalue weighted by atomic mass is 32.2. The van der Waals surface area contributed by atoms with Crippen LogP contribution in [0.4, 0.5) is 4.39 Å². The Labute approximate surface area is 136 Å². The Hall–Kier alpha value is -2.09. The van der Waals surface area contributed by atoms with Crippen LogP contribution in [0, 0.1) is 5.82 Å². The van der Waals surface area contributed by atoms with Gasteiger partial charge in [0.1, 0.15) is 28.2 Å². The maximum absolute atomic E-state index is 12.8. The quantitative estimate of drug-likeness (QED) is 0.866. The van der Waals surface area contributed by atoms with Crippen LogP contribution in [-0.4, -0.2) is 30.6 Å². The molecule has 0 bridgehead atoms. The average molecular weight is 338 g/mol. The monoisotopic (exact) mass is 338 g/mol. The van der Waals surface area contributed by atoms with Gasteiger partial charge >= 0.3 is 0 Å². The predicted octanol–water partition coefficient (Wildman–Crippen LogP) is 1.50. The first kappa shape index (κ1) is 17.3. The number of benzene rings is 1. The van der Waals surface area contributed by atoms with Gasteiger partial charge in [0.2, 0.25) is 11.1 Å². The third-order valence-electron chi connectivity index (χ3n) is 3.25. The summed E-state index contributed by atoms with van der Waals surface area (Å²) in [5.74, 6) is 0.00226. The number of nitrogens with zero attached hydrogens (tertiary/aromatic N) is 3. The van der Waals surface area contributed by atoms with Gasteiger partial charge in [-0.2, -0.15) is 0 Å². The molecule has 1 amide bonds. The number of hydrogen-bond acceptors (Lipinski definition) is 4. The number of hydrogen-bond donors (Lipinski definition) is 1. The zero-order valence-corrected chi connectivity index (χ0v) is 14.1. The SMILES string of the molecule is CC(C)c1nnc(S(=O)CC(=O)NCc2ccc(F)cc2)n1C. The van der Waals surface area contributed by atoms with E-state index in [-0.39, 0.29) is 35.1 Å². The lowest BCUT2D eigenvalue weighted by atomic mass is 10.2. The summed E-state index contributed by atoms with van der Waals surface area (Å²) < 4.78 is 26.7. The third kappa shape index (κ3) is 4.44. The highest BCUT2D eigenvalue weighted by Gasteiger charge is 2.19. The van der Waals surface area contributed by atoms with Gasteiger partial charge in [0.15, 0.2) is 0 Å². The van der Waals surface area contributed by atoms with Crippen LogP contribution >= 0.6 is 0 Å². The summed E-state index contributed by atoms with van der Waals surface area (Å²) in [5.41, 5.74) is 0.770. The molecule has 1 aromatic carbocycles. The Balaban J connectivity index is 1.92. The molecule has 1 N–H and O–H groups in total. The number of aromatic nitrogens is 3. The van der Waals surface area contributed by atoms with Crippen molar-refractivity contribution in [3.63, 3.8) is 0 Å². The van der Waals surface area contributed by atoms with E-state index in [0.717, 1.165) is 11.4 Å². The van der Waals surface area contributed by atoms with E-state index in [9.17, 15) is 13.4 Å². The Morgan fingerprint density at radius 1 is 1.30 bits per heavy atom. The molecule has 1 heterocycles. The molecule has 23 heavy (non-hydrogen) atoms. The second kappa shape index (κ2) is 7.45. The molecule has 1 unspecified atom stereocenters. The standard InChI is InChI=1S/C15H19FN4O2S/c1-10(2)14-18-19-15(20(14)3)23(22)9-13(21)17-8-11-4-6-12(16)7-5-11/h4-7,10H,8-9H2,1-3H3,(H,17,21). The van der Waals surface area contributed by atoms with Gasteiger partial charge in [-0.25, -0.2) is 4.39 Å². The molecule has 1 aromatic heterocycles. The summed E-state index contributed by atoms with van der Waals surface area (Å²) in [7, 11) is 0.170. The molecule has 124 valence electrons. The average Bonchev–Trinajstić information content (AvgIpc) is 2.88. The van der Waals surface area contributed by atoms with Crippen molar-refractivity contribution in [2.24, 2.45) is 7.05 Å².